The van der Waals surface area contributed by atoms with Gasteiger partial charge in [-0.2, -0.15) is 0 Å². The fourth-order valence-corrected chi connectivity index (χ4v) is 10.8. The Morgan fingerprint density at radius 2 is 0.569 bits per heavy atom. The predicted octanol–water partition coefficient (Wildman–Crippen LogP) is 19.7. The number of hydrogen-bond acceptors (Lipinski definition) is 4. The standard InChI is InChI=1S/C68H54N4/c1-47-22-17-36-57(42-47)69(53-28-9-5-10-29-53)62-46-52-27-21-26-51-40-41-61-64(63(51)52)65(62)67(71(55-32-13-7-14-33-55)59-38-19-24-49(3)44-59)68(72(56-34-15-8-16-35-56)60-39-20-25-50(4)45-60)66(61)70(54-30-11-6-12-31-54)58-37-18-23-48(2)43-58/h5-46H,1-4H3. The zero-order chi connectivity index (χ0) is 48.7. The van der Waals surface area contributed by atoms with Crippen LogP contribution >= 0.6 is 0 Å². The number of rotatable bonds is 12. The van der Waals surface area contributed by atoms with Crippen molar-refractivity contribution in [2.75, 3.05) is 19.6 Å². The van der Waals surface area contributed by atoms with E-state index in [4.69, 9.17) is 0 Å². The van der Waals surface area contributed by atoms with Gasteiger partial charge in [-0.05, 0) is 169 Å². The van der Waals surface area contributed by atoms with Gasteiger partial charge in [0.25, 0.3) is 0 Å². The third kappa shape index (κ3) is 7.93. The molecule has 0 amide bonds. The lowest BCUT2D eigenvalue weighted by atomic mass is 9.88. The summed E-state index contributed by atoms with van der Waals surface area (Å²) in [6.07, 6.45) is 0. The van der Waals surface area contributed by atoms with Gasteiger partial charge in [0.2, 0.25) is 0 Å². The van der Waals surface area contributed by atoms with E-state index in [0.717, 1.165) is 79.0 Å². The lowest BCUT2D eigenvalue weighted by Crippen LogP contribution is -2.23. The van der Waals surface area contributed by atoms with Crippen LogP contribution in [0.5, 0.6) is 0 Å². The smallest absolute Gasteiger partial charge is 0.0960 e. The van der Waals surface area contributed by atoms with E-state index in [1.165, 1.54) is 43.8 Å². The van der Waals surface area contributed by atoms with Crippen molar-refractivity contribution in [3.63, 3.8) is 0 Å². The minimum absolute atomic E-state index is 1.02. The van der Waals surface area contributed by atoms with Gasteiger partial charge in [0.1, 0.15) is 0 Å². The Bertz CT molecular complexity index is 3870. The number of nitrogens with zero attached hydrogens (tertiary/aromatic N) is 4. The van der Waals surface area contributed by atoms with Crippen molar-refractivity contribution in [1.82, 2.24) is 0 Å². The summed E-state index contributed by atoms with van der Waals surface area (Å²) in [6, 6.07) is 93.5. The van der Waals surface area contributed by atoms with Crippen LogP contribution in [0.2, 0.25) is 0 Å². The van der Waals surface area contributed by atoms with E-state index in [-0.39, 0.29) is 0 Å². The molecule has 0 bridgehead atoms. The second-order valence-corrected chi connectivity index (χ2v) is 18.9. The summed E-state index contributed by atoms with van der Waals surface area (Å²) < 4.78 is 0. The average molecular weight is 927 g/mol. The molecule has 0 fully saturated rings. The fraction of sp³-hybridized carbons (Fsp3) is 0.0588. The normalized spacial score (nSPS) is 11.3. The number of para-hydroxylation sites is 4. The Labute approximate surface area is 422 Å². The predicted molar refractivity (Wildman–Crippen MR) is 308 cm³/mol. The van der Waals surface area contributed by atoms with Crippen molar-refractivity contribution in [3.8, 4) is 0 Å². The van der Waals surface area contributed by atoms with Gasteiger partial charge in [-0.1, -0.05) is 152 Å². The summed E-state index contributed by atoms with van der Waals surface area (Å²) in [7, 11) is 0. The molecular weight excluding hydrogens is 873 g/mol. The highest BCUT2D eigenvalue weighted by Gasteiger charge is 2.36. The number of aryl methyl sites for hydroxylation is 4. The van der Waals surface area contributed by atoms with Crippen molar-refractivity contribution >= 4 is 101 Å². The number of anilines is 12. The zero-order valence-electron chi connectivity index (χ0n) is 41.0. The van der Waals surface area contributed by atoms with Crippen LogP contribution in [0.25, 0.3) is 32.3 Å². The van der Waals surface area contributed by atoms with E-state index in [9.17, 15) is 0 Å². The molecular formula is C68H54N4. The van der Waals surface area contributed by atoms with Crippen LogP contribution in [0.1, 0.15) is 22.3 Å². The first-order valence-corrected chi connectivity index (χ1v) is 24.8. The highest BCUT2D eigenvalue weighted by molar-refractivity contribution is 6.35. The minimum Gasteiger partial charge on any atom is -0.310 e. The molecule has 0 radical (unpaired) electrons. The lowest BCUT2D eigenvalue weighted by molar-refractivity contribution is 1.20. The van der Waals surface area contributed by atoms with Gasteiger partial charge in [0, 0.05) is 61.7 Å². The molecule has 4 nitrogen and oxygen atoms in total. The molecule has 0 spiro atoms. The Morgan fingerprint density at radius 1 is 0.222 bits per heavy atom. The van der Waals surface area contributed by atoms with Crippen LogP contribution in [0.3, 0.4) is 0 Å². The largest absolute Gasteiger partial charge is 0.310 e. The molecule has 0 aliphatic carbocycles. The zero-order valence-corrected chi connectivity index (χ0v) is 41.0. The van der Waals surface area contributed by atoms with Crippen molar-refractivity contribution < 1.29 is 0 Å². The topological polar surface area (TPSA) is 13.0 Å². The first kappa shape index (κ1) is 44.1. The Balaban J connectivity index is 1.42. The molecule has 0 unspecified atom stereocenters. The van der Waals surface area contributed by atoms with E-state index in [1.54, 1.807) is 0 Å². The molecule has 0 atom stereocenters. The van der Waals surface area contributed by atoms with Crippen molar-refractivity contribution in [2.24, 2.45) is 0 Å². The van der Waals surface area contributed by atoms with E-state index >= 15 is 0 Å². The van der Waals surface area contributed by atoms with Crippen molar-refractivity contribution in [1.29, 1.82) is 0 Å². The molecule has 12 aromatic rings. The first-order chi connectivity index (χ1) is 35.4. The molecule has 72 heavy (non-hydrogen) atoms. The van der Waals surface area contributed by atoms with Gasteiger partial charge < -0.3 is 19.6 Å². The Hall–Kier alpha value is -9.12. The summed E-state index contributed by atoms with van der Waals surface area (Å²) in [6.45, 7) is 8.77. The Morgan fingerprint density at radius 3 is 1.00 bits per heavy atom. The van der Waals surface area contributed by atoms with Crippen LogP contribution in [0, 0.1) is 27.7 Å². The van der Waals surface area contributed by atoms with E-state index in [1.807, 2.05) is 0 Å². The minimum atomic E-state index is 1.02. The summed E-state index contributed by atoms with van der Waals surface area (Å²) in [5.41, 5.74) is 17.3. The quantitative estimate of drug-likeness (QED) is 0.113. The van der Waals surface area contributed by atoms with Crippen LogP contribution in [0.15, 0.2) is 255 Å². The molecule has 12 aromatic carbocycles. The molecule has 4 heteroatoms. The van der Waals surface area contributed by atoms with E-state index < -0.39 is 0 Å². The molecule has 12 rings (SSSR count). The third-order valence-corrected chi connectivity index (χ3v) is 13.8. The fourth-order valence-electron chi connectivity index (χ4n) is 10.8. The van der Waals surface area contributed by atoms with Gasteiger partial charge in [-0.25, -0.2) is 0 Å². The van der Waals surface area contributed by atoms with Crippen LogP contribution in [-0.4, -0.2) is 0 Å². The second kappa shape index (κ2) is 18.7. The monoisotopic (exact) mass is 926 g/mol. The van der Waals surface area contributed by atoms with Crippen molar-refractivity contribution in [2.45, 2.75) is 27.7 Å². The van der Waals surface area contributed by atoms with Gasteiger partial charge >= 0.3 is 0 Å². The SMILES string of the molecule is Cc1cccc(N(c2ccccc2)c2c(N(c3ccccc3)c3cccc(C)c3)c3ccc4cccc5cc(N(c6ccccc6)c6cccc(C)c6)c(c2N(c2ccccc2)c2cccc(C)c2)c3c45)c1. The summed E-state index contributed by atoms with van der Waals surface area (Å²) in [4.78, 5) is 10.1. The van der Waals surface area contributed by atoms with Gasteiger partial charge in [-0.15, -0.1) is 0 Å². The molecule has 0 aliphatic rings. The van der Waals surface area contributed by atoms with E-state index in [2.05, 4.69) is 302 Å². The molecule has 0 heterocycles. The number of hydrogen-bond donors (Lipinski definition) is 0. The van der Waals surface area contributed by atoms with Gasteiger partial charge in [-0.3, -0.25) is 0 Å². The summed E-state index contributed by atoms with van der Waals surface area (Å²) >= 11 is 0. The highest BCUT2D eigenvalue weighted by atomic mass is 15.3. The molecule has 346 valence electrons. The van der Waals surface area contributed by atoms with Crippen molar-refractivity contribution in [3.05, 3.63) is 277 Å². The first-order valence-electron chi connectivity index (χ1n) is 24.8. The second-order valence-electron chi connectivity index (χ2n) is 18.9. The van der Waals surface area contributed by atoms with Gasteiger partial charge in [0.15, 0.2) is 0 Å². The maximum Gasteiger partial charge on any atom is 0.0960 e. The van der Waals surface area contributed by atoms with Crippen LogP contribution in [-0.2, 0) is 0 Å². The molecule has 0 aromatic heterocycles. The highest BCUT2D eigenvalue weighted by Crippen LogP contribution is 2.62. The Kier molecular flexibility index (Phi) is 11.4. The summed E-state index contributed by atoms with van der Waals surface area (Å²) in [5.74, 6) is 0. The summed E-state index contributed by atoms with van der Waals surface area (Å²) in [5, 5.41) is 7.00. The average Bonchev–Trinajstić information content (AvgIpc) is 3.41. The lowest BCUT2D eigenvalue weighted by Gasteiger charge is -2.40. The van der Waals surface area contributed by atoms with E-state index in [0.29, 0.717) is 0 Å². The molecule has 0 aliphatic heterocycles. The molecule has 0 saturated carbocycles. The maximum atomic E-state index is 2.53. The maximum absolute atomic E-state index is 2.53. The molecule has 0 saturated heterocycles. The van der Waals surface area contributed by atoms with Crippen LogP contribution in [0.4, 0.5) is 68.2 Å². The molecule has 0 N–H and O–H groups in total. The van der Waals surface area contributed by atoms with Gasteiger partial charge in [0.05, 0.1) is 22.7 Å². The number of benzene rings is 12. The third-order valence-electron chi connectivity index (χ3n) is 13.8. The van der Waals surface area contributed by atoms with Crippen LogP contribution < -0.4 is 19.6 Å².